The molecule has 0 bridgehead atoms. The van der Waals surface area contributed by atoms with Crippen molar-refractivity contribution in [1.29, 1.82) is 0 Å². The predicted octanol–water partition coefficient (Wildman–Crippen LogP) is 1.66. The number of rotatable bonds is 3. The van der Waals surface area contributed by atoms with Crippen LogP contribution in [-0.4, -0.2) is 29.3 Å². The van der Waals surface area contributed by atoms with Crippen LogP contribution in [0.4, 0.5) is 19.0 Å². The van der Waals surface area contributed by atoms with Gasteiger partial charge in [0.05, 0.1) is 0 Å². The van der Waals surface area contributed by atoms with Gasteiger partial charge in [-0.1, -0.05) is 0 Å². The molecule has 4 nitrogen and oxygen atoms in total. The van der Waals surface area contributed by atoms with Crippen molar-refractivity contribution in [2.45, 2.75) is 25.1 Å². The molecule has 1 atom stereocenters. The summed E-state index contributed by atoms with van der Waals surface area (Å²) in [5, 5.41) is 12.9. The molecule has 1 aromatic heterocycles. The van der Waals surface area contributed by atoms with Crippen LogP contribution >= 0.6 is 0 Å². The van der Waals surface area contributed by atoms with Gasteiger partial charge in [0, 0.05) is 12.6 Å². The van der Waals surface area contributed by atoms with E-state index in [-0.39, 0.29) is 0 Å². The van der Waals surface area contributed by atoms with E-state index in [2.05, 4.69) is 20.8 Å². The summed E-state index contributed by atoms with van der Waals surface area (Å²) in [5.41, 5.74) is -0.970. The lowest BCUT2D eigenvalue weighted by Gasteiger charge is -2.11. The van der Waals surface area contributed by atoms with Crippen molar-refractivity contribution < 1.29 is 13.2 Å². The predicted molar refractivity (Wildman–Crippen MR) is 56.5 cm³/mol. The van der Waals surface area contributed by atoms with Gasteiger partial charge >= 0.3 is 6.18 Å². The summed E-state index contributed by atoms with van der Waals surface area (Å²) in [7, 11) is 0. The van der Waals surface area contributed by atoms with E-state index in [1.165, 1.54) is 6.07 Å². The van der Waals surface area contributed by atoms with Crippen molar-refractivity contribution in [3.63, 3.8) is 0 Å². The van der Waals surface area contributed by atoms with Crippen molar-refractivity contribution >= 4 is 5.82 Å². The van der Waals surface area contributed by atoms with E-state index >= 15 is 0 Å². The van der Waals surface area contributed by atoms with Crippen LogP contribution in [0.2, 0.25) is 0 Å². The van der Waals surface area contributed by atoms with E-state index in [9.17, 15) is 13.2 Å². The number of hydrogen-bond acceptors (Lipinski definition) is 4. The fraction of sp³-hybridized carbons (Fsp3) is 0.600. The topological polar surface area (TPSA) is 49.8 Å². The van der Waals surface area contributed by atoms with Crippen LogP contribution in [0.3, 0.4) is 0 Å². The van der Waals surface area contributed by atoms with E-state index in [1.807, 2.05) is 0 Å². The summed E-state index contributed by atoms with van der Waals surface area (Å²) in [6.07, 6.45) is -2.23. The highest BCUT2D eigenvalue weighted by molar-refractivity contribution is 5.33. The lowest BCUT2D eigenvalue weighted by atomic mass is 10.2. The third kappa shape index (κ3) is 3.29. The Labute approximate surface area is 96.6 Å². The molecule has 1 unspecified atom stereocenters. The normalized spacial score (nSPS) is 20.5. The van der Waals surface area contributed by atoms with Crippen LogP contribution < -0.4 is 10.6 Å². The zero-order valence-electron chi connectivity index (χ0n) is 9.09. The Kier molecular flexibility index (Phi) is 3.46. The molecule has 0 aromatic carbocycles. The maximum atomic E-state index is 12.2. The molecule has 0 amide bonds. The molecule has 2 rings (SSSR count). The lowest BCUT2D eigenvalue weighted by molar-refractivity contribution is -0.141. The fourth-order valence-electron chi connectivity index (χ4n) is 1.74. The van der Waals surface area contributed by atoms with Crippen molar-refractivity contribution in [2.75, 3.05) is 18.4 Å². The van der Waals surface area contributed by atoms with Crippen LogP contribution in [0.15, 0.2) is 12.1 Å². The molecule has 0 saturated carbocycles. The summed E-state index contributed by atoms with van der Waals surface area (Å²) in [5.74, 6) is 0.367. The van der Waals surface area contributed by atoms with Crippen molar-refractivity contribution in [3.05, 3.63) is 17.8 Å². The SMILES string of the molecule is FC(F)(F)c1ccc(NCC2CCCN2)nn1. The molecule has 2 heterocycles. The van der Waals surface area contributed by atoms with Crippen LogP contribution in [0, 0.1) is 0 Å². The van der Waals surface area contributed by atoms with Gasteiger partial charge in [0.25, 0.3) is 0 Å². The third-order valence-corrected chi connectivity index (χ3v) is 2.65. The van der Waals surface area contributed by atoms with Gasteiger partial charge in [-0.15, -0.1) is 10.2 Å². The largest absolute Gasteiger partial charge is 0.435 e. The van der Waals surface area contributed by atoms with E-state index in [0.29, 0.717) is 18.4 Å². The van der Waals surface area contributed by atoms with Crippen LogP contribution in [0.5, 0.6) is 0 Å². The van der Waals surface area contributed by atoms with Crippen LogP contribution in [0.25, 0.3) is 0 Å². The van der Waals surface area contributed by atoms with Gasteiger partial charge in [-0.05, 0) is 31.5 Å². The highest BCUT2D eigenvalue weighted by Crippen LogP contribution is 2.27. The number of hydrogen-bond donors (Lipinski definition) is 2. The smallest absolute Gasteiger partial charge is 0.367 e. The maximum Gasteiger partial charge on any atom is 0.435 e. The second-order valence-electron chi connectivity index (χ2n) is 3.98. The first-order valence-electron chi connectivity index (χ1n) is 5.44. The standard InChI is InChI=1S/C10H13F3N4/c11-10(12,13)8-3-4-9(17-16-8)15-6-7-2-1-5-14-7/h3-4,7,14H,1-2,5-6H2,(H,15,17). The van der Waals surface area contributed by atoms with Gasteiger partial charge in [-0.3, -0.25) is 0 Å². The van der Waals surface area contributed by atoms with Crippen LogP contribution in [-0.2, 0) is 6.18 Å². The Balaban J connectivity index is 1.89. The fourth-order valence-corrected chi connectivity index (χ4v) is 1.74. The molecule has 0 radical (unpaired) electrons. The van der Waals surface area contributed by atoms with Crippen molar-refractivity contribution in [2.24, 2.45) is 0 Å². The number of aromatic nitrogens is 2. The highest BCUT2D eigenvalue weighted by atomic mass is 19.4. The molecule has 1 aliphatic heterocycles. The minimum atomic E-state index is -4.43. The third-order valence-electron chi connectivity index (χ3n) is 2.65. The molecule has 2 N–H and O–H groups in total. The maximum absolute atomic E-state index is 12.2. The first kappa shape index (κ1) is 12.1. The second kappa shape index (κ2) is 4.87. The van der Waals surface area contributed by atoms with Gasteiger partial charge in [-0.2, -0.15) is 13.2 Å². The highest BCUT2D eigenvalue weighted by Gasteiger charge is 2.32. The van der Waals surface area contributed by atoms with Crippen molar-refractivity contribution in [1.82, 2.24) is 15.5 Å². The molecular formula is C10H13F3N4. The molecule has 1 saturated heterocycles. The van der Waals surface area contributed by atoms with E-state index in [1.54, 1.807) is 0 Å². The Morgan fingerprint density at radius 2 is 2.18 bits per heavy atom. The summed E-state index contributed by atoms with van der Waals surface area (Å²) < 4.78 is 36.7. The Morgan fingerprint density at radius 1 is 1.35 bits per heavy atom. The van der Waals surface area contributed by atoms with Crippen molar-refractivity contribution in [3.8, 4) is 0 Å². The van der Waals surface area contributed by atoms with Gasteiger partial charge in [0.15, 0.2) is 5.69 Å². The summed E-state index contributed by atoms with van der Waals surface area (Å²) in [6.45, 7) is 1.64. The Bertz CT molecular complexity index is 357. The number of alkyl halides is 3. The lowest BCUT2D eigenvalue weighted by Crippen LogP contribution is -2.29. The molecule has 94 valence electrons. The summed E-state index contributed by atoms with van der Waals surface area (Å²) in [4.78, 5) is 0. The minimum Gasteiger partial charge on any atom is -0.367 e. The number of nitrogens with zero attached hydrogens (tertiary/aromatic N) is 2. The summed E-state index contributed by atoms with van der Waals surface area (Å²) >= 11 is 0. The van der Waals surface area contributed by atoms with Crippen LogP contribution in [0.1, 0.15) is 18.5 Å². The van der Waals surface area contributed by atoms with Gasteiger partial charge in [0.1, 0.15) is 5.82 Å². The molecule has 1 aliphatic rings. The molecule has 7 heteroatoms. The average molecular weight is 246 g/mol. The first-order chi connectivity index (χ1) is 8.05. The van der Waals surface area contributed by atoms with E-state index in [0.717, 1.165) is 25.5 Å². The molecule has 0 aliphatic carbocycles. The number of anilines is 1. The number of halogens is 3. The zero-order chi connectivity index (χ0) is 12.3. The molecule has 0 spiro atoms. The van der Waals surface area contributed by atoms with E-state index < -0.39 is 11.9 Å². The quantitative estimate of drug-likeness (QED) is 0.851. The molecule has 1 aromatic rings. The monoisotopic (exact) mass is 246 g/mol. The first-order valence-corrected chi connectivity index (χ1v) is 5.44. The second-order valence-corrected chi connectivity index (χ2v) is 3.98. The average Bonchev–Trinajstić information content (AvgIpc) is 2.78. The Morgan fingerprint density at radius 3 is 2.71 bits per heavy atom. The van der Waals surface area contributed by atoms with Gasteiger partial charge in [0.2, 0.25) is 0 Å². The summed E-state index contributed by atoms with van der Waals surface area (Å²) in [6, 6.07) is 2.58. The van der Waals surface area contributed by atoms with Gasteiger partial charge in [-0.25, -0.2) is 0 Å². The molecular weight excluding hydrogens is 233 g/mol. The number of nitrogens with one attached hydrogen (secondary N) is 2. The Hall–Kier alpha value is -1.37. The zero-order valence-corrected chi connectivity index (χ0v) is 9.09. The minimum absolute atomic E-state index is 0.360. The molecule has 1 fully saturated rings. The van der Waals surface area contributed by atoms with Gasteiger partial charge < -0.3 is 10.6 Å². The van der Waals surface area contributed by atoms with E-state index in [4.69, 9.17) is 0 Å². The molecule has 17 heavy (non-hydrogen) atoms.